The molecule has 16 heavy (non-hydrogen) atoms. The molecule has 4 heteroatoms. The van der Waals surface area contributed by atoms with Crippen molar-refractivity contribution in [1.82, 2.24) is 9.78 Å². The van der Waals surface area contributed by atoms with Gasteiger partial charge in [0.15, 0.2) is 0 Å². The Balaban J connectivity index is 2.44. The third kappa shape index (κ3) is 1.97. The molecule has 2 N–H and O–H groups in total. The first-order valence-electron chi connectivity index (χ1n) is 5.15. The van der Waals surface area contributed by atoms with Crippen molar-refractivity contribution in [2.24, 2.45) is 5.73 Å². The highest BCUT2D eigenvalue weighted by Crippen LogP contribution is 2.18. The molecule has 1 heterocycles. The zero-order valence-electron chi connectivity index (χ0n) is 9.31. The Kier molecular flexibility index (Phi) is 2.75. The van der Waals surface area contributed by atoms with Crippen LogP contribution in [0.1, 0.15) is 24.2 Å². The molecule has 2 rings (SSSR count). The van der Waals surface area contributed by atoms with Crippen LogP contribution in [0.4, 0.5) is 4.39 Å². The zero-order chi connectivity index (χ0) is 11.7. The van der Waals surface area contributed by atoms with Crippen molar-refractivity contribution in [3.63, 3.8) is 0 Å². The molecule has 1 aromatic heterocycles. The second kappa shape index (κ2) is 4.06. The van der Waals surface area contributed by atoms with Crippen LogP contribution in [0.5, 0.6) is 0 Å². The zero-order valence-corrected chi connectivity index (χ0v) is 9.31. The van der Waals surface area contributed by atoms with Crippen molar-refractivity contribution in [3.05, 3.63) is 47.5 Å². The van der Waals surface area contributed by atoms with Gasteiger partial charge in [-0.3, -0.25) is 0 Å². The lowest BCUT2D eigenvalue weighted by molar-refractivity contribution is 0.605. The minimum atomic E-state index is -0.307. The highest BCUT2D eigenvalue weighted by molar-refractivity contribution is 5.36. The maximum Gasteiger partial charge on any atom is 0.149 e. The van der Waals surface area contributed by atoms with Crippen molar-refractivity contribution in [2.45, 2.75) is 19.9 Å². The number of aryl methyl sites for hydroxylation is 1. The van der Waals surface area contributed by atoms with Crippen LogP contribution in [0.15, 0.2) is 30.5 Å². The van der Waals surface area contributed by atoms with Crippen molar-refractivity contribution >= 4 is 0 Å². The van der Waals surface area contributed by atoms with Gasteiger partial charge >= 0.3 is 0 Å². The highest BCUT2D eigenvalue weighted by atomic mass is 19.1. The maximum atomic E-state index is 13.8. The molecular formula is C12H14FN3. The summed E-state index contributed by atoms with van der Waals surface area (Å²) in [5.41, 5.74) is 7.77. The number of benzene rings is 1. The van der Waals surface area contributed by atoms with Gasteiger partial charge in [-0.05, 0) is 37.6 Å². The normalized spacial score (nSPS) is 12.8. The molecule has 0 saturated carbocycles. The van der Waals surface area contributed by atoms with Gasteiger partial charge in [-0.2, -0.15) is 5.10 Å². The van der Waals surface area contributed by atoms with E-state index in [1.54, 1.807) is 12.3 Å². The number of nitrogens with two attached hydrogens (primary N) is 1. The van der Waals surface area contributed by atoms with Crippen LogP contribution < -0.4 is 5.73 Å². The SMILES string of the molecule is Cc1ccn(-c2ccc([C@@H](C)N)cc2F)n1. The van der Waals surface area contributed by atoms with E-state index in [-0.39, 0.29) is 11.9 Å². The number of hydrogen-bond acceptors (Lipinski definition) is 2. The number of halogens is 1. The van der Waals surface area contributed by atoms with E-state index in [1.165, 1.54) is 10.7 Å². The predicted octanol–water partition coefficient (Wildman–Crippen LogP) is 2.34. The van der Waals surface area contributed by atoms with Crippen LogP contribution in [0.2, 0.25) is 0 Å². The van der Waals surface area contributed by atoms with Crippen LogP contribution in [-0.2, 0) is 0 Å². The summed E-state index contributed by atoms with van der Waals surface area (Å²) in [5.74, 6) is -0.307. The smallest absolute Gasteiger partial charge is 0.149 e. The lowest BCUT2D eigenvalue weighted by Crippen LogP contribution is -2.07. The summed E-state index contributed by atoms with van der Waals surface area (Å²) in [5, 5.41) is 4.16. The van der Waals surface area contributed by atoms with Crippen molar-refractivity contribution in [2.75, 3.05) is 0 Å². The van der Waals surface area contributed by atoms with Gasteiger partial charge in [0.25, 0.3) is 0 Å². The molecule has 0 spiro atoms. The summed E-state index contributed by atoms with van der Waals surface area (Å²) in [6, 6.07) is 6.64. The Labute approximate surface area is 93.7 Å². The third-order valence-electron chi connectivity index (χ3n) is 2.47. The molecule has 0 saturated heterocycles. The minimum absolute atomic E-state index is 0.164. The van der Waals surface area contributed by atoms with E-state index in [9.17, 15) is 4.39 Å². The van der Waals surface area contributed by atoms with E-state index in [4.69, 9.17) is 5.73 Å². The average molecular weight is 219 g/mol. The fraction of sp³-hybridized carbons (Fsp3) is 0.250. The van der Waals surface area contributed by atoms with Crippen molar-refractivity contribution < 1.29 is 4.39 Å². The van der Waals surface area contributed by atoms with Gasteiger partial charge in [0.1, 0.15) is 11.5 Å². The summed E-state index contributed by atoms with van der Waals surface area (Å²) >= 11 is 0. The number of aromatic nitrogens is 2. The molecule has 0 aliphatic carbocycles. The lowest BCUT2D eigenvalue weighted by atomic mass is 10.1. The highest BCUT2D eigenvalue weighted by Gasteiger charge is 2.08. The first kappa shape index (κ1) is 10.8. The molecule has 0 aliphatic heterocycles. The molecule has 0 amide bonds. The molecule has 84 valence electrons. The van der Waals surface area contributed by atoms with E-state index in [2.05, 4.69) is 5.10 Å². The van der Waals surface area contributed by atoms with Crippen LogP contribution in [0.3, 0.4) is 0 Å². The fourth-order valence-electron chi connectivity index (χ4n) is 1.54. The van der Waals surface area contributed by atoms with Crippen LogP contribution >= 0.6 is 0 Å². The van der Waals surface area contributed by atoms with Crippen molar-refractivity contribution in [1.29, 1.82) is 0 Å². The minimum Gasteiger partial charge on any atom is -0.324 e. The van der Waals surface area contributed by atoms with Gasteiger partial charge in [-0.1, -0.05) is 6.07 Å². The molecule has 2 aromatic rings. The van der Waals surface area contributed by atoms with Gasteiger partial charge in [0.05, 0.1) is 5.69 Å². The standard InChI is InChI=1S/C12H14FN3/c1-8-5-6-16(15-8)12-4-3-10(9(2)14)7-11(12)13/h3-7,9H,14H2,1-2H3/t9-/m1/s1. The summed E-state index contributed by atoms with van der Waals surface area (Å²) in [7, 11) is 0. The summed E-state index contributed by atoms with van der Waals surface area (Å²) in [6.45, 7) is 3.69. The second-order valence-corrected chi connectivity index (χ2v) is 3.90. The molecule has 0 unspecified atom stereocenters. The van der Waals surface area contributed by atoms with Crippen LogP contribution in [-0.4, -0.2) is 9.78 Å². The lowest BCUT2D eigenvalue weighted by Gasteiger charge is -2.08. The fourth-order valence-corrected chi connectivity index (χ4v) is 1.54. The topological polar surface area (TPSA) is 43.8 Å². The van der Waals surface area contributed by atoms with Crippen LogP contribution in [0, 0.1) is 12.7 Å². The quantitative estimate of drug-likeness (QED) is 0.842. The summed E-state index contributed by atoms with van der Waals surface area (Å²) < 4.78 is 15.3. The Morgan fingerprint density at radius 3 is 2.62 bits per heavy atom. The van der Waals surface area contributed by atoms with E-state index >= 15 is 0 Å². The van der Waals surface area contributed by atoms with E-state index < -0.39 is 0 Å². The van der Waals surface area contributed by atoms with Crippen LogP contribution in [0.25, 0.3) is 5.69 Å². The van der Waals surface area contributed by atoms with E-state index in [0.29, 0.717) is 5.69 Å². The second-order valence-electron chi connectivity index (χ2n) is 3.90. The first-order valence-corrected chi connectivity index (χ1v) is 5.15. The van der Waals surface area contributed by atoms with Gasteiger partial charge in [0.2, 0.25) is 0 Å². The van der Waals surface area contributed by atoms with E-state index in [0.717, 1.165) is 11.3 Å². The van der Waals surface area contributed by atoms with Gasteiger partial charge < -0.3 is 5.73 Å². The molecule has 0 aliphatic rings. The molecule has 0 bridgehead atoms. The number of hydrogen-bond donors (Lipinski definition) is 1. The van der Waals surface area contributed by atoms with Gasteiger partial charge in [-0.15, -0.1) is 0 Å². The Morgan fingerprint density at radius 1 is 1.38 bits per heavy atom. The number of nitrogens with zero attached hydrogens (tertiary/aromatic N) is 2. The Hall–Kier alpha value is -1.68. The maximum absolute atomic E-state index is 13.8. The Morgan fingerprint density at radius 2 is 2.12 bits per heavy atom. The van der Waals surface area contributed by atoms with Gasteiger partial charge in [0, 0.05) is 12.2 Å². The van der Waals surface area contributed by atoms with Gasteiger partial charge in [-0.25, -0.2) is 9.07 Å². The summed E-state index contributed by atoms with van der Waals surface area (Å²) in [6.07, 6.45) is 1.74. The third-order valence-corrected chi connectivity index (χ3v) is 2.47. The molecular weight excluding hydrogens is 205 g/mol. The largest absolute Gasteiger partial charge is 0.324 e. The summed E-state index contributed by atoms with van der Waals surface area (Å²) in [4.78, 5) is 0. The molecule has 1 atom stereocenters. The molecule has 1 aromatic carbocycles. The van der Waals surface area contributed by atoms with Crippen molar-refractivity contribution in [3.8, 4) is 5.69 Å². The monoisotopic (exact) mass is 219 g/mol. The number of rotatable bonds is 2. The first-order chi connectivity index (χ1) is 7.58. The molecule has 0 radical (unpaired) electrons. The molecule has 3 nitrogen and oxygen atoms in total. The Bertz CT molecular complexity index is 503. The average Bonchev–Trinajstić information content (AvgIpc) is 2.64. The van der Waals surface area contributed by atoms with E-state index in [1.807, 2.05) is 26.0 Å². The predicted molar refractivity (Wildman–Crippen MR) is 60.9 cm³/mol. The molecule has 0 fully saturated rings.